The molecule has 0 saturated heterocycles. The SMILES string of the molecule is c1ccc(COn2ccc3ccccc32)nc1. The molecule has 0 atom stereocenters. The Bertz CT molecular complexity index is 616. The van der Waals surface area contributed by atoms with Gasteiger partial charge < -0.3 is 4.84 Å². The Kier molecular flexibility index (Phi) is 2.50. The van der Waals surface area contributed by atoms with Crippen molar-refractivity contribution in [2.75, 3.05) is 0 Å². The van der Waals surface area contributed by atoms with E-state index < -0.39 is 0 Å². The summed E-state index contributed by atoms with van der Waals surface area (Å²) in [6.07, 6.45) is 3.69. The molecule has 0 aliphatic heterocycles. The minimum absolute atomic E-state index is 0.472. The van der Waals surface area contributed by atoms with E-state index in [1.54, 1.807) is 10.9 Å². The lowest BCUT2D eigenvalue weighted by Gasteiger charge is -2.07. The number of benzene rings is 1. The maximum atomic E-state index is 5.70. The largest absolute Gasteiger partial charge is 0.407 e. The number of para-hydroxylation sites is 1. The molecular formula is C14H12N2O. The van der Waals surface area contributed by atoms with Crippen LogP contribution in [0.1, 0.15) is 5.69 Å². The second-order valence-corrected chi connectivity index (χ2v) is 3.79. The van der Waals surface area contributed by atoms with Crippen LogP contribution in [0.15, 0.2) is 60.9 Å². The van der Waals surface area contributed by atoms with Gasteiger partial charge in [0.05, 0.1) is 11.2 Å². The van der Waals surface area contributed by atoms with Gasteiger partial charge in [0.15, 0.2) is 6.61 Å². The molecule has 0 saturated carbocycles. The third-order valence-corrected chi connectivity index (χ3v) is 2.64. The van der Waals surface area contributed by atoms with Gasteiger partial charge in [-0.3, -0.25) is 4.98 Å². The van der Waals surface area contributed by atoms with Crippen LogP contribution in [0.5, 0.6) is 0 Å². The minimum Gasteiger partial charge on any atom is -0.407 e. The first-order valence-electron chi connectivity index (χ1n) is 5.53. The van der Waals surface area contributed by atoms with E-state index in [0.717, 1.165) is 11.2 Å². The second kappa shape index (κ2) is 4.29. The van der Waals surface area contributed by atoms with Crippen LogP contribution in [0.25, 0.3) is 10.9 Å². The molecule has 0 unspecified atom stereocenters. The zero-order chi connectivity index (χ0) is 11.5. The maximum Gasteiger partial charge on any atom is 0.156 e. The van der Waals surface area contributed by atoms with Gasteiger partial charge in [0.2, 0.25) is 0 Å². The molecular weight excluding hydrogens is 212 g/mol. The van der Waals surface area contributed by atoms with Crippen LogP contribution < -0.4 is 4.84 Å². The molecule has 3 rings (SSSR count). The van der Waals surface area contributed by atoms with E-state index >= 15 is 0 Å². The Morgan fingerprint density at radius 1 is 1.00 bits per heavy atom. The molecule has 0 aliphatic carbocycles. The summed E-state index contributed by atoms with van der Waals surface area (Å²) in [6.45, 7) is 0.472. The molecule has 0 radical (unpaired) electrons. The Hall–Kier alpha value is -2.29. The number of aromatic nitrogens is 2. The number of hydrogen-bond acceptors (Lipinski definition) is 2. The molecule has 17 heavy (non-hydrogen) atoms. The fourth-order valence-electron chi connectivity index (χ4n) is 1.79. The smallest absolute Gasteiger partial charge is 0.156 e. The molecule has 2 heterocycles. The predicted octanol–water partition coefficient (Wildman–Crippen LogP) is 2.67. The van der Waals surface area contributed by atoms with Crippen molar-refractivity contribution in [2.24, 2.45) is 0 Å². The maximum absolute atomic E-state index is 5.70. The first-order valence-corrected chi connectivity index (χ1v) is 5.53. The van der Waals surface area contributed by atoms with Crippen molar-refractivity contribution >= 4 is 10.9 Å². The Morgan fingerprint density at radius 2 is 1.88 bits per heavy atom. The van der Waals surface area contributed by atoms with Crippen LogP contribution >= 0.6 is 0 Å². The Labute approximate surface area is 99.2 Å². The lowest BCUT2D eigenvalue weighted by Crippen LogP contribution is -2.10. The van der Waals surface area contributed by atoms with E-state index in [-0.39, 0.29) is 0 Å². The molecule has 1 aromatic carbocycles. The molecule has 3 heteroatoms. The van der Waals surface area contributed by atoms with Gasteiger partial charge in [-0.1, -0.05) is 24.3 Å². The summed E-state index contributed by atoms with van der Waals surface area (Å²) >= 11 is 0. The van der Waals surface area contributed by atoms with Crippen molar-refractivity contribution in [3.05, 3.63) is 66.6 Å². The quantitative estimate of drug-likeness (QED) is 0.684. The highest BCUT2D eigenvalue weighted by atomic mass is 16.7. The van der Waals surface area contributed by atoms with Crippen LogP contribution in [0, 0.1) is 0 Å². The van der Waals surface area contributed by atoms with Gasteiger partial charge in [0.1, 0.15) is 0 Å². The number of hydrogen-bond donors (Lipinski definition) is 0. The number of fused-ring (bicyclic) bond motifs is 1. The van der Waals surface area contributed by atoms with Crippen molar-refractivity contribution in [2.45, 2.75) is 6.61 Å². The van der Waals surface area contributed by atoms with Gasteiger partial charge >= 0.3 is 0 Å². The molecule has 0 amide bonds. The summed E-state index contributed by atoms with van der Waals surface area (Å²) in [5, 5.41) is 1.17. The lowest BCUT2D eigenvalue weighted by atomic mass is 10.3. The van der Waals surface area contributed by atoms with E-state index in [0.29, 0.717) is 6.61 Å². The molecule has 0 N–H and O–H groups in total. The van der Waals surface area contributed by atoms with Crippen LogP contribution in [0.2, 0.25) is 0 Å². The van der Waals surface area contributed by atoms with Gasteiger partial charge in [-0.15, -0.1) is 0 Å². The Balaban J connectivity index is 1.82. The van der Waals surface area contributed by atoms with Crippen molar-refractivity contribution in [1.29, 1.82) is 0 Å². The highest BCUT2D eigenvalue weighted by molar-refractivity contribution is 5.79. The first kappa shape index (κ1) is 9.90. The highest BCUT2D eigenvalue weighted by Gasteiger charge is 2.00. The zero-order valence-corrected chi connectivity index (χ0v) is 9.28. The first-order chi connectivity index (χ1) is 8.43. The van der Waals surface area contributed by atoms with Crippen LogP contribution in [0.4, 0.5) is 0 Å². The molecule has 3 aromatic rings. The summed E-state index contributed by atoms with van der Waals surface area (Å²) in [4.78, 5) is 9.92. The summed E-state index contributed by atoms with van der Waals surface area (Å²) in [5.41, 5.74) is 1.99. The molecule has 3 nitrogen and oxygen atoms in total. The second-order valence-electron chi connectivity index (χ2n) is 3.79. The molecule has 84 valence electrons. The average Bonchev–Trinajstić information content (AvgIpc) is 2.81. The Morgan fingerprint density at radius 3 is 2.76 bits per heavy atom. The van der Waals surface area contributed by atoms with Crippen LogP contribution in [0.3, 0.4) is 0 Å². The number of pyridine rings is 1. The van der Waals surface area contributed by atoms with Gasteiger partial charge in [0.25, 0.3) is 0 Å². The third-order valence-electron chi connectivity index (χ3n) is 2.64. The normalized spacial score (nSPS) is 10.6. The molecule has 0 fully saturated rings. The molecule has 2 aromatic heterocycles. The van der Waals surface area contributed by atoms with Crippen LogP contribution in [-0.4, -0.2) is 9.71 Å². The van der Waals surface area contributed by atoms with E-state index in [1.165, 1.54) is 5.39 Å². The van der Waals surface area contributed by atoms with E-state index in [2.05, 4.69) is 11.1 Å². The predicted molar refractivity (Wildman–Crippen MR) is 66.5 cm³/mol. The van der Waals surface area contributed by atoms with E-state index in [1.807, 2.05) is 48.7 Å². The molecule has 0 bridgehead atoms. The van der Waals surface area contributed by atoms with Gasteiger partial charge in [-0.2, -0.15) is 4.73 Å². The third kappa shape index (κ3) is 1.99. The van der Waals surface area contributed by atoms with Crippen molar-refractivity contribution in [3.63, 3.8) is 0 Å². The minimum atomic E-state index is 0.472. The van der Waals surface area contributed by atoms with Crippen molar-refractivity contribution in [1.82, 2.24) is 9.71 Å². The summed E-state index contributed by atoms with van der Waals surface area (Å²) < 4.78 is 1.78. The van der Waals surface area contributed by atoms with E-state index in [9.17, 15) is 0 Å². The van der Waals surface area contributed by atoms with E-state index in [4.69, 9.17) is 4.84 Å². The standard InChI is InChI=1S/C14H12N2O/c1-2-7-14-12(5-1)8-10-16(14)17-11-13-6-3-4-9-15-13/h1-10H,11H2. The fourth-order valence-corrected chi connectivity index (χ4v) is 1.79. The monoisotopic (exact) mass is 224 g/mol. The highest BCUT2D eigenvalue weighted by Crippen LogP contribution is 2.13. The topological polar surface area (TPSA) is 27.1 Å². The summed E-state index contributed by atoms with van der Waals surface area (Å²) in [5.74, 6) is 0. The average molecular weight is 224 g/mol. The fraction of sp³-hybridized carbons (Fsp3) is 0.0714. The molecule has 0 aliphatic rings. The van der Waals surface area contributed by atoms with Crippen molar-refractivity contribution in [3.8, 4) is 0 Å². The van der Waals surface area contributed by atoms with Gasteiger partial charge in [-0.05, 0) is 24.3 Å². The lowest BCUT2D eigenvalue weighted by molar-refractivity contribution is 0.105. The van der Waals surface area contributed by atoms with Crippen LogP contribution in [-0.2, 0) is 6.61 Å². The summed E-state index contributed by atoms with van der Waals surface area (Å²) in [6, 6.07) is 16.0. The van der Waals surface area contributed by atoms with Gasteiger partial charge in [-0.25, -0.2) is 0 Å². The van der Waals surface area contributed by atoms with Crippen molar-refractivity contribution < 1.29 is 4.84 Å². The zero-order valence-electron chi connectivity index (χ0n) is 9.28. The van der Waals surface area contributed by atoms with Gasteiger partial charge in [0, 0.05) is 17.8 Å². The number of nitrogens with zero attached hydrogens (tertiary/aromatic N) is 2. The number of rotatable bonds is 3. The molecule has 0 spiro atoms. The summed E-state index contributed by atoms with van der Waals surface area (Å²) in [7, 11) is 0.